The highest BCUT2D eigenvalue weighted by atomic mass is 19.1. The largest absolute Gasteiger partial charge is 0.542 e. The lowest BCUT2D eigenvalue weighted by Crippen LogP contribution is -2.25. The Morgan fingerprint density at radius 3 is 2.50 bits per heavy atom. The fraction of sp³-hybridized carbons (Fsp3) is 0.438. The first-order valence-electron chi connectivity index (χ1n) is 6.71. The summed E-state index contributed by atoms with van der Waals surface area (Å²) >= 11 is 0. The van der Waals surface area contributed by atoms with Gasteiger partial charge in [0.05, 0.1) is 0 Å². The molecule has 1 heterocycles. The molecule has 3 nitrogen and oxygen atoms in total. The van der Waals surface area contributed by atoms with Crippen LogP contribution in [0.1, 0.15) is 43.4 Å². The van der Waals surface area contributed by atoms with E-state index in [1.165, 1.54) is 12.5 Å². The third-order valence-corrected chi connectivity index (χ3v) is 4.57. The van der Waals surface area contributed by atoms with Crippen LogP contribution in [0.5, 0.6) is 0 Å². The smallest absolute Gasteiger partial charge is 0.149 e. The van der Waals surface area contributed by atoms with Gasteiger partial charge in [-0.25, -0.2) is 4.39 Å². The van der Waals surface area contributed by atoms with Crippen LogP contribution in [0.2, 0.25) is 0 Å². The topological polar surface area (TPSA) is 43.4 Å². The highest BCUT2D eigenvalue weighted by Crippen LogP contribution is 2.43. The van der Waals surface area contributed by atoms with Gasteiger partial charge in [0.2, 0.25) is 0 Å². The van der Waals surface area contributed by atoms with Gasteiger partial charge in [-0.15, -0.1) is 0 Å². The van der Waals surface area contributed by atoms with Crippen LogP contribution in [0.15, 0.2) is 18.0 Å². The molecule has 2 atom stereocenters. The number of anilines is 1. The second kappa shape index (κ2) is 4.93. The number of halogens is 1. The molecule has 0 amide bonds. The van der Waals surface area contributed by atoms with Crippen molar-refractivity contribution in [2.45, 2.75) is 39.7 Å². The second-order valence-electron chi connectivity index (χ2n) is 5.54. The summed E-state index contributed by atoms with van der Waals surface area (Å²) in [6.45, 7) is 7.68. The molecule has 108 valence electrons. The zero-order valence-corrected chi connectivity index (χ0v) is 12.5. The molecule has 1 aromatic carbocycles. The van der Waals surface area contributed by atoms with E-state index >= 15 is 0 Å². The quantitative estimate of drug-likeness (QED) is 0.779. The Hall–Kier alpha value is -1.84. The van der Waals surface area contributed by atoms with Gasteiger partial charge in [-0.3, -0.25) is 0 Å². The highest BCUT2D eigenvalue weighted by molar-refractivity contribution is 5.93. The number of carbonyl (C=O) groups excluding carboxylic acids is 1. The molecule has 0 saturated heterocycles. The maximum atomic E-state index is 13.6. The predicted molar refractivity (Wildman–Crippen MR) is 76.2 cm³/mol. The summed E-state index contributed by atoms with van der Waals surface area (Å²) in [5, 5.41) is 10.7. The Balaban J connectivity index is 2.63. The van der Waals surface area contributed by atoms with Crippen LogP contribution in [0, 0.1) is 6.92 Å². The van der Waals surface area contributed by atoms with Crippen molar-refractivity contribution in [2.24, 2.45) is 0 Å². The number of carboxylic acid groups (broad SMARTS) is 1. The lowest BCUT2D eigenvalue weighted by Gasteiger charge is -2.20. The number of hydrogen-bond donors (Lipinski definition) is 0. The van der Waals surface area contributed by atoms with E-state index in [1.807, 2.05) is 20.0 Å². The monoisotopic (exact) mass is 276 g/mol. The van der Waals surface area contributed by atoms with Crippen LogP contribution in [0.3, 0.4) is 0 Å². The lowest BCUT2D eigenvalue weighted by atomic mass is 9.89. The predicted octanol–water partition coefficient (Wildman–Crippen LogP) is 2.39. The Bertz CT molecular complexity index is 607. The van der Waals surface area contributed by atoms with E-state index in [2.05, 4.69) is 18.7 Å². The fourth-order valence-electron chi connectivity index (χ4n) is 3.07. The zero-order valence-electron chi connectivity index (χ0n) is 12.5. The first-order valence-corrected chi connectivity index (χ1v) is 6.71. The number of nitrogens with zero attached hydrogens (tertiary/aromatic N) is 1. The number of hydrogen-bond acceptors (Lipinski definition) is 3. The van der Waals surface area contributed by atoms with Crippen LogP contribution in [0.4, 0.5) is 10.1 Å². The number of fused-ring (bicyclic) bond motifs is 1. The average molecular weight is 276 g/mol. The molecule has 0 radical (unpaired) electrons. The van der Waals surface area contributed by atoms with Gasteiger partial charge in [0.15, 0.2) is 0 Å². The lowest BCUT2D eigenvalue weighted by molar-refractivity contribution is -0.301. The van der Waals surface area contributed by atoms with Gasteiger partial charge >= 0.3 is 0 Å². The first-order chi connectivity index (χ1) is 9.27. The van der Waals surface area contributed by atoms with Gasteiger partial charge in [-0.05, 0) is 49.1 Å². The number of benzene rings is 1. The summed E-state index contributed by atoms with van der Waals surface area (Å²) in [6.07, 6.45) is 0. The van der Waals surface area contributed by atoms with Crippen molar-refractivity contribution in [1.29, 1.82) is 0 Å². The van der Waals surface area contributed by atoms with E-state index in [0.29, 0.717) is 17.5 Å². The third-order valence-electron chi connectivity index (χ3n) is 4.57. The Morgan fingerprint density at radius 1 is 1.35 bits per heavy atom. The molecule has 0 aromatic heterocycles. The van der Waals surface area contributed by atoms with Gasteiger partial charge in [0, 0.05) is 24.7 Å². The standard InChI is InChI=1S/C16H20FNO2/c1-8-11(4)18(5)13-7-6-12(9(2)14(8)13)10(3)15(17)16(19)20/h6-8,11H,1-5H3,(H,19,20)/p-1/b15-10+. The van der Waals surface area contributed by atoms with Gasteiger partial charge < -0.3 is 14.8 Å². The van der Waals surface area contributed by atoms with E-state index in [-0.39, 0.29) is 5.57 Å². The number of rotatable bonds is 2. The van der Waals surface area contributed by atoms with Gasteiger partial charge in [-0.1, -0.05) is 13.0 Å². The number of likely N-dealkylation sites (N-methyl/N-ethyl adjacent to an activating group) is 1. The van der Waals surface area contributed by atoms with E-state index < -0.39 is 11.8 Å². The molecule has 0 aliphatic carbocycles. The minimum absolute atomic E-state index is 0.125. The van der Waals surface area contributed by atoms with Crippen LogP contribution in [0.25, 0.3) is 5.57 Å². The fourth-order valence-corrected chi connectivity index (χ4v) is 3.07. The minimum atomic E-state index is -1.76. The zero-order chi connectivity index (χ0) is 15.2. The van der Waals surface area contributed by atoms with E-state index in [1.54, 1.807) is 6.07 Å². The molecule has 2 rings (SSSR count). The van der Waals surface area contributed by atoms with Crippen molar-refractivity contribution in [3.8, 4) is 0 Å². The van der Waals surface area contributed by atoms with E-state index in [4.69, 9.17) is 0 Å². The Labute approximate surface area is 118 Å². The Morgan fingerprint density at radius 2 is 1.95 bits per heavy atom. The summed E-state index contributed by atoms with van der Waals surface area (Å²) in [5.74, 6) is -2.63. The third kappa shape index (κ3) is 1.99. The summed E-state index contributed by atoms with van der Waals surface area (Å²) in [6, 6.07) is 4.09. The molecule has 0 N–H and O–H groups in total. The molecule has 0 bridgehead atoms. The van der Waals surface area contributed by atoms with Gasteiger partial charge in [0.1, 0.15) is 11.8 Å². The van der Waals surface area contributed by atoms with E-state index in [9.17, 15) is 14.3 Å². The molecule has 0 fully saturated rings. The average Bonchev–Trinajstić information content (AvgIpc) is 2.63. The molecule has 2 unspecified atom stereocenters. The number of carbonyl (C=O) groups is 1. The normalized spacial score (nSPS) is 22.6. The van der Waals surface area contributed by atoms with Crippen molar-refractivity contribution >= 4 is 17.2 Å². The molecule has 1 aliphatic rings. The van der Waals surface area contributed by atoms with Crippen LogP contribution >= 0.6 is 0 Å². The molecule has 0 spiro atoms. The molecule has 20 heavy (non-hydrogen) atoms. The van der Waals surface area contributed by atoms with Gasteiger partial charge in [0.25, 0.3) is 0 Å². The summed E-state index contributed by atoms with van der Waals surface area (Å²) in [4.78, 5) is 12.9. The van der Waals surface area contributed by atoms with Crippen LogP contribution in [-0.4, -0.2) is 19.1 Å². The van der Waals surface area contributed by atoms with Gasteiger partial charge in [-0.2, -0.15) is 0 Å². The van der Waals surface area contributed by atoms with Crippen molar-refractivity contribution in [3.05, 3.63) is 34.6 Å². The van der Waals surface area contributed by atoms with E-state index in [0.717, 1.165) is 11.3 Å². The van der Waals surface area contributed by atoms with Crippen molar-refractivity contribution < 1.29 is 14.3 Å². The van der Waals surface area contributed by atoms with Crippen molar-refractivity contribution in [3.63, 3.8) is 0 Å². The summed E-state index contributed by atoms with van der Waals surface area (Å²) < 4.78 is 13.6. The number of allylic oxidation sites excluding steroid dienone is 1. The minimum Gasteiger partial charge on any atom is -0.542 e. The summed E-state index contributed by atoms with van der Waals surface area (Å²) in [5.41, 5.74) is 4.01. The highest BCUT2D eigenvalue weighted by Gasteiger charge is 2.32. The van der Waals surface area contributed by atoms with Crippen molar-refractivity contribution in [1.82, 2.24) is 0 Å². The molecule has 4 heteroatoms. The summed E-state index contributed by atoms with van der Waals surface area (Å²) in [7, 11) is 2.04. The van der Waals surface area contributed by atoms with Crippen molar-refractivity contribution in [2.75, 3.05) is 11.9 Å². The molecular formula is C16H19FNO2-. The molecule has 1 aromatic rings. The van der Waals surface area contributed by atoms with Crippen LogP contribution < -0.4 is 10.0 Å². The van der Waals surface area contributed by atoms with Crippen LogP contribution in [-0.2, 0) is 4.79 Å². The maximum Gasteiger partial charge on any atom is 0.149 e. The number of carboxylic acids is 1. The SMILES string of the molecule is C/C(=C(\F)C(=O)[O-])c1ccc2c(c1C)C(C)C(C)N2C. The first kappa shape index (κ1) is 14.6. The number of aliphatic carboxylic acids is 1. The second-order valence-corrected chi connectivity index (χ2v) is 5.54. The maximum absolute atomic E-state index is 13.6. The molecular weight excluding hydrogens is 257 g/mol. The Kier molecular flexibility index (Phi) is 3.59. The molecule has 0 saturated carbocycles. The molecule has 1 aliphatic heterocycles.